The monoisotopic (exact) mass is 516 g/mol. The smallest absolute Gasteiger partial charge is 0.330 e. The molecule has 0 amide bonds. The van der Waals surface area contributed by atoms with Crippen molar-refractivity contribution in [3.05, 3.63) is 72.9 Å². The summed E-state index contributed by atoms with van der Waals surface area (Å²) in [7, 11) is 0. The Kier molecular flexibility index (Phi) is 33.0. The summed E-state index contributed by atoms with van der Waals surface area (Å²) in [6.07, 6.45) is 0. The molecule has 0 saturated heterocycles. The van der Waals surface area contributed by atoms with Crippen LogP contribution in [0.5, 0.6) is 0 Å². The van der Waals surface area contributed by atoms with Crippen molar-refractivity contribution in [1.82, 2.24) is 0 Å². The average molecular weight is 517 g/mol. The summed E-state index contributed by atoms with van der Waals surface area (Å²) < 4.78 is 0. The van der Waals surface area contributed by atoms with Crippen LogP contribution in [0.1, 0.15) is 41.5 Å². The SMILES string of the molecule is C=C(C)C(=O)O.C=C(C)C(=O)O.C=C(C)C(=O)O.C=C(C)C(=O)O.C=C(C)C(=O)O.C=C(C)C(=O)O. The lowest BCUT2D eigenvalue weighted by Gasteiger charge is -1.79. The molecule has 204 valence electrons. The van der Waals surface area contributed by atoms with Crippen molar-refractivity contribution < 1.29 is 59.4 Å². The van der Waals surface area contributed by atoms with Gasteiger partial charge in [0.25, 0.3) is 0 Å². The highest BCUT2D eigenvalue weighted by atomic mass is 16.4. The Morgan fingerprint density at radius 3 is 0.333 bits per heavy atom. The predicted molar refractivity (Wildman–Crippen MR) is 135 cm³/mol. The molecule has 0 saturated carbocycles. The minimum atomic E-state index is -0.935. The summed E-state index contributed by atoms with van der Waals surface area (Å²) in [5.74, 6) is -5.61. The number of carboxylic acid groups (broad SMARTS) is 6. The van der Waals surface area contributed by atoms with E-state index < -0.39 is 35.8 Å². The summed E-state index contributed by atoms with van der Waals surface area (Å²) in [6, 6.07) is 0. The number of rotatable bonds is 6. The van der Waals surface area contributed by atoms with Gasteiger partial charge in [-0.25, -0.2) is 28.8 Å². The first kappa shape index (κ1) is 44.9. The molecule has 36 heavy (non-hydrogen) atoms. The van der Waals surface area contributed by atoms with Gasteiger partial charge in [0, 0.05) is 33.4 Å². The van der Waals surface area contributed by atoms with Gasteiger partial charge in [0.05, 0.1) is 0 Å². The number of aliphatic carboxylic acids is 6. The van der Waals surface area contributed by atoms with Crippen LogP contribution >= 0.6 is 0 Å². The molecule has 0 bridgehead atoms. The fourth-order valence-corrected chi connectivity index (χ4v) is 0. The van der Waals surface area contributed by atoms with E-state index in [2.05, 4.69) is 39.5 Å². The van der Waals surface area contributed by atoms with Crippen LogP contribution in [0, 0.1) is 0 Å². The largest absolute Gasteiger partial charge is 0.478 e. The van der Waals surface area contributed by atoms with Crippen molar-refractivity contribution in [1.29, 1.82) is 0 Å². The highest BCUT2D eigenvalue weighted by Crippen LogP contribution is 1.83. The third kappa shape index (κ3) is 63.0. The Hall–Kier alpha value is -4.74. The van der Waals surface area contributed by atoms with E-state index in [4.69, 9.17) is 30.6 Å². The highest BCUT2D eigenvalue weighted by molar-refractivity contribution is 5.86. The molecule has 0 rings (SSSR count). The number of hydrogen-bond acceptors (Lipinski definition) is 6. The lowest BCUT2D eigenvalue weighted by atomic mass is 10.4. The molecule has 0 heterocycles. The van der Waals surface area contributed by atoms with Gasteiger partial charge in [0.15, 0.2) is 0 Å². The van der Waals surface area contributed by atoms with E-state index in [-0.39, 0.29) is 33.4 Å². The van der Waals surface area contributed by atoms with Crippen molar-refractivity contribution >= 4 is 35.8 Å². The minimum Gasteiger partial charge on any atom is -0.478 e. The molecule has 0 radical (unpaired) electrons. The third-order valence-electron chi connectivity index (χ3n) is 2.19. The van der Waals surface area contributed by atoms with E-state index in [0.717, 1.165) is 0 Å². The molecule has 0 aromatic carbocycles. The van der Waals surface area contributed by atoms with Crippen molar-refractivity contribution in [3.8, 4) is 0 Å². The summed E-state index contributed by atoms with van der Waals surface area (Å²) in [4.78, 5) is 57.6. The molecule has 0 atom stereocenters. The zero-order valence-electron chi connectivity index (χ0n) is 21.4. The second-order valence-corrected chi connectivity index (χ2v) is 6.51. The zero-order chi connectivity index (χ0) is 30.9. The summed E-state index contributed by atoms with van der Waals surface area (Å²) in [5, 5.41) is 47.3. The van der Waals surface area contributed by atoms with Crippen molar-refractivity contribution in [2.24, 2.45) is 0 Å². The first-order valence-corrected chi connectivity index (χ1v) is 9.19. The first-order valence-electron chi connectivity index (χ1n) is 9.19. The van der Waals surface area contributed by atoms with Crippen LogP contribution in [0.3, 0.4) is 0 Å². The van der Waals surface area contributed by atoms with Crippen LogP contribution < -0.4 is 0 Å². The quantitative estimate of drug-likeness (QED) is 0.277. The van der Waals surface area contributed by atoms with Crippen LogP contribution in [0.2, 0.25) is 0 Å². The molecule has 0 aliphatic heterocycles. The number of hydrogen-bond donors (Lipinski definition) is 6. The molecule has 0 aliphatic carbocycles. The van der Waals surface area contributed by atoms with Gasteiger partial charge in [-0.1, -0.05) is 39.5 Å². The number of carboxylic acids is 6. The Morgan fingerprint density at radius 1 is 0.306 bits per heavy atom. The van der Waals surface area contributed by atoms with E-state index in [9.17, 15) is 28.8 Å². The molecule has 12 heteroatoms. The highest BCUT2D eigenvalue weighted by Gasteiger charge is 1.92. The molecule has 0 aliphatic rings. The molecule has 0 unspecified atom stereocenters. The van der Waals surface area contributed by atoms with Crippen LogP contribution in [-0.4, -0.2) is 66.5 Å². The van der Waals surface area contributed by atoms with Gasteiger partial charge < -0.3 is 30.6 Å². The summed E-state index contributed by atoms with van der Waals surface area (Å²) in [6.45, 7) is 27.6. The lowest BCUT2D eigenvalue weighted by molar-refractivity contribution is -0.133. The lowest BCUT2D eigenvalue weighted by Crippen LogP contribution is -1.92. The standard InChI is InChI=1S/6C4H6O2/c6*1-3(2)4(5)6/h6*1H2,2H3,(H,5,6). The number of carbonyl (C=O) groups is 6. The van der Waals surface area contributed by atoms with Crippen LogP contribution in [0.15, 0.2) is 72.9 Å². The molecular formula is C24H36O12. The maximum atomic E-state index is 9.60. The van der Waals surface area contributed by atoms with Crippen LogP contribution in [0.25, 0.3) is 0 Å². The average Bonchev–Trinajstić information content (AvgIpc) is 2.69. The van der Waals surface area contributed by atoms with Gasteiger partial charge >= 0.3 is 35.8 Å². The molecule has 12 nitrogen and oxygen atoms in total. The maximum absolute atomic E-state index is 9.60. The van der Waals surface area contributed by atoms with Gasteiger partial charge in [-0.15, -0.1) is 0 Å². The van der Waals surface area contributed by atoms with Gasteiger partial charge in [-0.05, 0) is 41.5 Å². The van der Waals surface area contributed by atoms with Gasteiger partial charge in [0.2, 0.25) is 0 Å². The Morgan fingerprint density at radius 2 is 0.333 bits per heavy atom. The zero-order valence-corrected chi connectivity index (χ0v) is 21.4. The third-order valence-corrected chi connectivity index (χ3v) is 2.19. The fraction of sp³-hybridized carbons (Fsp3) is 0.250. The fourth-order valence-electron chi connectivity index (χ4n) is 0. The normalized spacial score (nSPS) is 7.50. The summed E-state index contributed by atoms with van der Waals surface area (Å²) in [5.41, 5.74) is 1.06. The van der Waals surface area contributed by atoms with E-state index in [1.165, 1.54) is 41.5 Å². The molecule has 0 fully saturated rings. The van der Waals surface area contributed by atoms with E-state index in [1.807, 2.05) is 0 Å². The minimum absolute atomic E-state index is 0.176. The second kappa shape index (κ2) is 26.5. The maximum Gasteiger partial charge on any atom is 0.330 e. The topological polar surface area (TPSA) is 224 Å². The van der Waals surface area contributed by atoms with E-state index in [1.54, 1.807) is 0 Å². The summed E-state index contributed by atoms with van der Waals surface area (Å²) >= 11 is 0. The first-order chi connectivity index (χ1) is 15.9. The van der Waals surface area contributed by atoms with Gasteiger partial charge in [-0.2, -0.15) is 0 Å². The molecule has 6 N–H and O–H groups in total. The van der Waals surface area contributed by atoms with E-state index in [0.29, 0.717) is 0 Å². The molecule has 0 aromatic heterocycles. The molecule has 0 aromatic rings. The van der Waals surface area contributed by atoms with Gasteiger partial charge in [0.1, 0.15) is 0 Å². The Balaban J connectivity index is -0.0000000750. The van der Waals surface area contributed by atoms with Crippen molar-refractivity contribution in [2.75, 3.05) is 0 Å². The predicted octanol–water partition coefficient (Wildman–Crippen LogP) is 3.88. The Labute approximate surface area is 210 Å². The molecule has 0 spiro atoms. The Bertz CT molecular complexity index is 615. The molecular weight excluding hydrogens is 480 g/mol. The van der Waals surface area contributed by atoms with Crippen LogP contribution in [-0.2, 0) is 28.8 Å². The second-order valence-electron chi connectivity index (χ2n) is 6.51. The van der Waals surface area contributed by atoms with Gasteiger partial charge in [-0.3, -0.25) is 0 Å². The van der Waals surface area contributed by atoms with Crippen molar-refractivity contribution in [3.63, 3.8) is 0 Å². The van der Waals surface area contributed by atoms with Crippen LogP contribution in [0.4, 0.5) is 0 Å². The van der Waals surface area contributed by atoms with Crippen molar-refractivity contribution in [2.45, 2.75) is 41.5 Å². The van der Waals surface area contributed by atoms with E-state index >= 15 is 0 Å².